The first-order valence-corrected chi connectivity index (χ1v) is 7.94. The monoisotopic (exact) mass is 277 g/mol. The SMILES string of the molecule is CCCOc1cc2c(cc1OCCC)[C@@H](N)CCCC2. The minimum atomic E-state index is 0.136. The van der Waals surface area contributed by atoms with Crippen LogP contribution in [0.3, 0.4) is 0 Å². The summed E-state index contributed by atoms with van der Waals surface area (Å²) in [6.07, 6.45) is 6.57. The second-order valence-electron chi connectivity index (χ2n) is 5.55. The molecule has 112 valence electrons. The molecule has 0 saturated carbocycles. The molecule has 3 heteroatoms. The molecule has 20 heavy (non-hydrogen) atoms. The van der Waals surface area contributed by atoms with E-state index in [9.17, 15) is 0 Å². The number of nitrogens with two attached hydrogens (primary N) is 1. The average molecular weight is 277 g/mol. The van der Waals surface area contributed by atoms with Gasteiger partial charge in [-0.1, -0.05) is 20.3 Å². The normalized spacial score (nSPS) is 18.2. The highest BCUT2D eigenvalue weighted by Crippen LogP contribution is 2.37. The minimum Gasteiger partial charge on any atom is -0.490 e. The van der Waals surface area contributed by atoms with E-state index in [1.807, 2.05) is 0 Å². The molecular formula is C17H27NO2. The van der Waals surface area contributed by atoms with Gasteiger partial charge in [0.2, 0.25) is 0 Å². The van der Waals surface area contributed by atoms with E-state index >= 15 is 0 Å². The fraction of sp³-hybridized carbons (Fsp3) is 0.647. The number of benzene rings is 1. The molecule has 0 aliphatic heterocycles. The van der Waals surface area contributed by atoms with Gasteiger partial charge in [-0.3, -0.25) is 0 Å². The van der Waals surface area contributed by atoms with Crippen LogP contribution in [0, 0.1) is 0 Å². The van der Waals surface area contributed by atoms with E-state index in [4.69, 9.17) is 15.2 Å². The number of rotatable bonds is 6. The molecule has 0 bridgehead atoms. The van der Waals surface area contributed by atoms with Gasteiger partial charge in [0.1, 0.15) is 0 Å². The van der Waals surface area contributed by atoms with E-state index in [0.29, 0.717) is 0 Å². The van der Waals surface area contributed by atoms with Gasteiger partial charge in [0.15, 0.2) is 11.5 Å². The molecule has 2 N–H and O–H groups in total. The van der Waals surface area contributed by atoms with E-state index < -0.39 is 0 Å². The van der Waals surface area contributed by atoms with Crippen LogP contribution >= 0.6 is 0 Å². The Labute approximate surface area is 122 Å². The summed E-state index contributed by atoms with van der Waals surface area (Å²) in [6, 6.07) is 4.41. The quantitative estimate of drug-likeness (QED) is 0.800. The lowest BCUT2D eigenvalue weighted by molar-refractivity contribution is 0.267. The average Bonchev–Trinajstić information content (AvgIpc) is 2.64. The molecule has 0 spiro atoms. The number of fused-ring (bicyclic) bond motifs is 1. The summed E-state index contributed by atoms with van der Waals surface area (Å²) >= 11 is 0. The van der Waals surface area contributed by atoms with Crippen molar-refractivity contribution >= 4 is 0 Å². The highest BCUT2D eigenvalue weighted by molar-refractivity contribution is 5.49. The molecule has 1 aromatic rings. The van der Waals surface area contributed by atoms with Gasteiger partial charge in [-0.05, 0) is 55.4 Å². The van der Waals surface area contributed by atoms with E-state index in [2.05, 4.69) is 26.0 Å². The van der Waals surface area contributed by atoms with E-state index in [1.165, 1.54) is 24.0 Å². The molecular weight excluding hydrogens is 250 g/mol. The fourth-order valence-corrected chi connectivity index (χ4v) is 2.66. The van der Waals surface area contributed by atoms with Crippen molar-refractivity contribution in [3.63, 3.8) is 0 Å². The van der Waals surface area contributed by atoms with E-state index in [-0.39, 0.29) is 6.04 Å². The molecule has 3 nitrogen and oxygen atoms in total. The highest BCUT2D eigenvalue weighted by atomic mass is 16.5. The molecule has 2 rings (SSSR count). The minimum absolute atomic E-state index is 0.136. The molecule has 1 aromatic carbocycles. The largest absolute Gasteiger partial charge is 0.490 e. The zero-order valence-corrected chi connectivity index (χ0v) is 12.8. The summed E-state index contributed by atoms with van der Waals surface area (Å²) in [4.78, 5) is 0. The van der Waals surface area contributed by atoms with Crippen LogP contribution in [-0.4, -0.2) is 13.2 Å². The van der Waals surface area contributed by atoms with Gasteiger partial charge in [-0.15, -0.1) is 0 Å². The van der Waals surface area contributed by atoms with Crippen molar-refractivity contribution in [2.45, 2.75) is 58.4 Å². The van der Waals surface area contributed by atoms with Gasteiger partial charge in [0.25, 0.3) is 0 Å². The Hall–Kier alpha value is -1.22. The zero-order valence-electron chi connectivity index (χ0n) is 12.8. The van der Waals surface area contributed by atoms with Gasteiger partial charge < -0.3 is 15.2 Å². The van der Waals surface area contributed by atoms with Gasteiger partial charge in [-0.25, -0.2) is 0 Å². The lowest BCUT2D eigenvalue weighted by atomic mass is 9.99. The summed E-state index contributed by atoms with van der Waals surface area (Å²) in [6.45, 7) is 5.68. The first kappa shape index (κ1) is 15.2. The van der Waals surface area contributed by atoms with Crippen LogP contribution in [-0.2, 0) is 6.42 Å². The van der Waals surface area contributed by atoms with Gasteiger partial charge in [0.05, 0.1) is 13.2 Å². The maximum atomic E-state index is 6.30. The van der Waals surface area contributed by atoms with E-state index in [1.54, 1.807) is 0 Å². The highest BCUT2D eigenvalue weighted by Gasteiger charge is 2.19. The van der Waals surface area contributed by atoms with E-state index in [0.717, 1.165) is 50.4 Å². The van der Waals surface area contributed by atoms with Crippen molar-refractivity contribution in [2.24, 2.45) is 5.73 Å². The standard InChI is InChI=1S/C17H27NO2/c1-3-9-19-16-11-13-7-5-6-8-15(18)14(13)12-17(16)20-10-4-2/h11-12,15H,3-10,18H2,1-2H3/t15-/m0/s1. The van der Waals surface area contributed by atoms with Crippen LogP contribution in [0.15, 0.2) is 12.1 Å². The first-order valence-electron chi connectivity index (χ1n) is 7.94. The molecule has 0 unspecified atom stereocenters. The molecule has 0 heterocycles. The van der Waals surface area contributed by atoms with Gasteiger partial charge in [-0.2, -0.15) is 0 Å². The Morgan fingerprint density at radius 1 is 1.05 bits per heavy atom. The Morgan fingerprint density at radius 3 is 2.35 bits per heavy atom. The Kier molecular flexibility index (Phi) is 5.72. The Morgan fingerprint density at radius 2 is 1.70 bits per heavy atom. The van der Waals surface area contributed by atoms with Crippen LogP contribution in [0.1, 0.15) is 63.1 Å². The van der Waals surface area contributed by atoms with Crippen molar-refractivity contribution in [1.82, 2.24) is 0 Å². The molecule has 0 radical (unpaired) electrons. The maximum Gasteiger partial charge on any atom is 0.161 e. The number of ether oxygens (including phenoxy) is 2. The second-order valence-corrected chi connectivity index (χ2v) is 5.55. The third-order valence-electron chi connectivity index (χ3n) is 3.74. The molecule has 1 atom stereocenters. The first-order chi connectivity index (χ1) is 9.76. The summed E-state index contributed by atoms with van der Waals surface area (Å²) in [5, 5.41) is 0. The summed E-state index contributed by atoms with van der Waals surface area (Å²) in [5.41, 5.74) is 8.88. The van der Waals surface area contributed by atoms with Gasteiger partial charge in [0, 0.05) is 6.04 Å². The number of hydrogen-bond acceptors (Lipinski definition) is 3. The van der Waals surface area contributed by atoms with Crippen LogP contribution < -0.4 is 15.2 Å². The van der Waals surface area contributed by atoms with Crippen LogP contribution in [0.25, 0.3) is 0 Å². The van der Waals surface area contributed by atoms with Crippen LogP contribution in [0.4, 0.5) is 0 Å². The fourth-order valence-electron chi connectivity index (χ4n) is 2.66. The van der Waals surface area contributed by atoms with Crippen molar-refractivity contribution in [2.75, 3.05) is 13.2 Å². The number of aryl methyl sites for hydroxylation is 1. The third kappa shape index (κ3) is 3.66. The lowest BCUT2D eigenvalue weighted by Crippen LogP contribution is -2.12. The molecule has 0 aromatic heterocycles. The molecule has 0 amide bonds. The van der Waals surface area contributed by atoms with Gasteiger partial charge >= 0.3 is 0 Å². The van der Waals surface area contributed by atoms with Crippen molar-refractivity contribution < 1.29 is 9.47 Å². The smallest absolute Gasteiger partial charge is 0.161 e. The molecule has 0 saturated heterocycles. The topological polar surface area (TPSA) is 44.5 Å². The lowest BCUT2D eigenvalue weighted by Gasteiger charge is -2.18. The predicted octanol–water partition coefficient (Wildman–Crippen LogP) is 3.99. The molecule has 0 fully saturated rings. The van der Waals surface area contributed by atoms with Crippen LogP contribution in [0.2, 0.25) is 0 Å². The van der Waals surface area contributed by atoms with Crippen molar-refractivity contribution in [3.05, 3.63) is 23.3 Å². The van der Waals surface area contributed by atoms with Crippen LogP contribution in [0.5, 0.6) is 11.5 Å². The van der Waals surface area contributed by atoms with Crippen molar-refractivity contribution in [3.8, 4) is 11.5 Å². The summed E-state index contributed by atoms with van der Waals surface area (Å²) in [5.74, 6) is 1.74. The number of hydrogen-bond donors (Lipinski definition) is 1. The van der Waals surface area contributed by atoms with Crippen molar-refractivity contribution in [1.29, 1.82) is 0 Å². The summed E-state index contributed by atoms with van der Waals surface area (Å²) < 4.78 is 11.7. The predicted molar refractivity (Wildman–Crippen MR) is 82.5 cm³/mol. The maximum absolute atomic E-state index is 6.30. The summed E-state index contributed by atoms with van der Waals surface area (Å²) in [7, 11) is 0. The molecule has 1 aliphatic rings. The zero-order chi connectivity index (χ0) is 14.4. The third-order valence-corrected chi connectivity index (χ3v) is 3.74. The second kappa shape index (κ2) is 7.53. The molecule has 1 aliphatic carbocycles. The Bertz CT molecular complexity index is 431. The Balaban J connectivity index is 2.31.